The maximum atomic E-state index is 11.8. The van der Waals surface area contributed by atoms with Gasteiger partial charge in [0.2, 0.25) is 0 Å². The molecule has 118 valence electrons. The standard InChI is InChI=1S/C19H30OS/c1-16-5-13-6-17(2,10-16)12-18(7-13,11-16)19(20)8-14-3-4-15(9-19)21-14/h13-15,20H,3-12H2,1-2H3. The van der Waals surface area contributed by atoms with E-state index < -0.39 is 0 Å². The van der Waals surface area contributed by atoms with Crippen molar-refractivity contribution in [3.05, 3.63) is 0 Å². The average molecular weight is 307 g/mol. The molecule has 6 rings (SSSR count). The fourth-order valence-corrected chi connectivity index (χ4v) is 10.1. The summed E-state index contributed by atoms with van der Waals surface area (Å²) in [6.45, 7) is 5.08. The number of rotatable bonds is 1. The van der Waals surface area contributed by atoms with E-state index in [0.717, 1.165) is 29.3 Å². The topological polar surface area (TPSA) is 20.2 Å². The molecule has 6 fully saturated rings. The lowest BCUT2D eigenvalue weighted by Gasteiger charge is -2.69. The molecule has 0 amide bonds. The Kier molecular flexibility index (Phi) is 2.52. The highest BCUT2D eigenvalue weighted by atomic mass is 32.2. The molecule has 2 heteroatoms. The van der Waals surface area contributed by atoms with Crippen LogP contribution < -0.4 is 0 Å². The molecule has 0 aromatic heterocycles. The Hall–Kier alpha value is 0.310. The highest BCUT2D eigenvalue weighted by molar-refractivity contribution is 8.00. The number of aliphatic hydroxyl groups is 1. The predicted molar refractivity (Wildman–Crippen MR) is 88.4 cm³/mol. The van der Waals surface area contributed by atoms with Gasteiger partial charge in [0.05, 0.1) is 5.60 Å². The Morgan fingerprint density at radius 3 is 1.90 bits per heavy atom. The van der Waals surface area contributed by atoms with E-state index >= 15 is 0 Å². The summed E-state index contributed by atoms with van der Waals surface area (Å²) in [4.78, 5) is 0. The van der Waals surface area contributed by atoms with Crippen LogP contribution in [0, 0.1) is 22.2 Å². The van der Waals surface area contributed by atoms with E-state index in [9.17, 15) is 5.11 Å². The van der Waals surface area contributed by atoms with Crippen molar-refractivity contribution >= 4 is 11.8 Å². The van der Waals surface area contributed by atoms with E-state index in [1.807, 2.05) is 0 Å². The van der Waals surface area contributed by atoms with Crippen molar-refractivity contribution in [2.24, 2.45) is 22.2 Å². The van der Waals surface area contributed by atoms with Gasteiger partial charge in [0, 0.05) is 15.9 Å². The summed E-state index contributed by atoms with van der Waals surface area (Å²) in [6.07, 6.45) is 13.3. The molecule has 0 aromatic carbocycles. The third-order valence-electron chi connectivity index (χ3n) is 7.94. The van der Waals surface area contributed by atoms with Gasteiger partial charge >= 0.3 is 0 Å². The van der Waals surface area contributed by atoms with E-state index in [1.165, 1.54) is 51.4 Å². The lowest BCUT2D eigenvalue weighted by atomic mass is 9.37. The van der Waals surface area contributed by atoms with Crippen LogP contribution in [-0.2, 0) is 0 Å². The van der Waals surface area contributed by atoms with Gasteiger partial charge in [-0.15, -0.1) is 0 Å². The molecule has 6 aliphatic rings. The molecular weight excluding hydrogens is 276 g/mol. The van der Waals surface area contributed by atoms with Crippen LogP contribution in [0.4, 0.5) is 0 Å². The molecule has 4 aliphatic carbocycles. The van der Waals surface area contributed by atoms with Crippen LogP contribution in [0.1, 0.15) is 78.1 Å². The van der Waals surface area contributed by atoms with Crippen molar-refractivity contribution in [3.63, 3.8) is 0 Å². The van der Waals surface area contributed by atoms with Gasteiger partial charge in [-0.2, -0.15) is 11.8 Å². The quantitative estimate of drug-likeness (QED) is 0.753. The Morgan fingerprint density at radius 2 is 1.38 bits per heavy atom. The molecule has 2 saturated heterocycles. The summed E-state index contributed by atoms with van der Waals surface area (Å²) >= 11 is 2.20. The van der Waals surface area contributed by atoms with Gasteiger partial charge in [0.25, 0.3) is 0 Å². The van der Waals surface area contributed by atoms with Gasteiger partial charge in [-0.3, -0.25) is 0 Å². The molecule has 0 radical (unpaired) electrons. The smallest absolute Gasteiger partial charge is 0.0725 e. The number of hydrogen-bond acceptors (Lipinski definition) is 2. The Balaban J connectivity index is 1.56. The summed E-state index contributed by atoms with van der Waals surface area (Å²) in [5.74, 6) is 0.910. The number of thioether (sulfide) groups is 1. The first-order chi connectivity index (χ1) is 9.81. The van der Waals surface area contributed by atoms with Gasteiger partial charge in [0.15, 0.2) is 0 Å². The minimum absolute atomic E-state index is 0.276. The lowest BCUT2D eigenvalue weighted by Crippen LogP contribution is -2.64. The van der Waals surface area contributed by atoms with Crippen molar-refractivity contribution in [2.75, 3.05) is 0 Å². The van der Waals surface area contributed by atoms with Crippen molar-refractivity contribution < 1.29 is 5.11 Å². The molecular formula is C19H30OS. The molecule has 4 atom stereocenters. The van der Waals surface area contributed by atoms with Crippen molar-refractivity contribution in [2.45, 2.75) is 94.2 Å². The maximum Gasteiger partial charge on any atom is 0.0725 e. The third-order valence-corrected chi connectivity index (χ3v) is 9.51. The predicted octanol–water partition coefficient (Wildman–Crippen LogP) is 4.77. The summed E-state index contributed by atoms with van der Waals surface area (Å²) < 4.78 is 0. The number of fused-ring (bicyclic) bond motifs is 2. The minimum Gasteiger partial charge on any atom is -0.389 e. The average Bonchev–Trinajstić information content (AvgIpc) is 2.64. The van der Waals surface area contributed by atoms with Crippen LogP contribution in [-0.4, -0.2) is 21.2 Å². The molecule has 1 N–H and O–H groups in total. The summed E-state index contributed by atoms with van der Waals surface area (Å²) in [5, 5.41) is 13.4. The van der Waals surface area contributed by atoms with E-state index in [1.54, 1.807) is 0 Å². The van der Waals surface area contributed by atoms with Gasteiger partial charge in [-0.25, -0.2) is 0 Å². The van der Waals surface area contributed by atoms with Crippen molar-refractivity contribution in [1.29, 1.82) is 0 Å². The first-order valence-electron chi connectivity index (χ1n) is 9.19. The van der Waals surface area contributed by atoms with E-state index in [4.69, 9.17) is 0 Å². The summed E-state index contributed by atoms with van der Waals surface area (Å²) in [7, 11) is 0. The molecule has 0 spiro atoms. The van der Waals surface area contributed by atoms with Crippen LogP contribution >= 0.6 is 11.8 Å². The fourth-order valence-electron chi connectivity index (χ4n) is 8.32. The first-order valence-corrected chi connectivity index (χ1v) is 10.1. The highest BCUT2D eigenvalue weighted by Crippen LogP contribution is 2.74. The van der Waals surface area contributed by atoms with Gasteiger partial charge in [0.1, 0.15) is 0 Å². The second-order valence-corrected chi connectivity index (χ2v) is 11.9. The number of hydrogen-bond donors (Lipinski definition) is 1. The highest BCUT2D eigenvalue weighted by Gasteiger charge is 2.67. The Morgan fingerprint density at radius 1 is 0.810 bits per heavy atom. The first kappa shape index (κ1) is 13.7. The van der Waals surface area contributed by atoms with E-state index in [0.29, 0.717) is 10.8 Å². The fraction of sp³-hybridized carbons (Fsp3) is 1.00. The van der Waals surface area contributed by atoms with Crippen LogP contribution in [0.3, 0.4) is 0 Å². The zero-order valence-corrected chi connectivity index (χ0v) is 14.5. The van der Waals surface area contributed by atoms with Gasteiger partial charge in [-0.1, -0.05) is 13.8 Å². The molecule has 1 nitrogen and oxygen atoms in total. The molecule has 4 saturated carbocycles. The normalized spacial score (nSPS) is 65.0. The second-order valence-electron chi connectivity index (χ2n) is 10.3. The SMILES string of the molecule is CC12CC3CC(C)(C1)CC(C1(O)CC4CCC(C1)S4)(C3)C2. The largest absolute Gasteiger partial charge is 0.389 e. The van der Waals surface area contributed by atoms with Crippen molar-refractivity contribution in [1.82, 2.24) is 0 Å². The minimum atomic E-state index is -0.327. The maximum absolute atomic E-state index is 11.8. The van der Waals surface area contributed by atoms with Crippen LogP contribution in [0.2, 0.25) is 0 Å². The molecule has 21 heavy (non-hydrogen) atoms. The Bertz CT molecular complexity index is 456. The zero-order chi connectivity index (χ0) is 14.5. The molecule has 0 aromatic rings. The summed E-state index contributed by atoms with van der Waals surface area (Å²) in [6, 6.07) is 0. The molecule has 6 bridgehead atoms. The molecule has 4 unspecified atom stereocenters. The van der Waals surface area contributed by atoms with Gasteiger partial charge < -0.3 is 5.11 Å². The van der Waals surface area contributed by atoms with Crippen LogP contribution in [0.5, 0.6) is 0 Å². The third kappa shape index (κ3) is 1.81. The zero-order valence-electron chi connectivity index (χ0n) is 13.7. The Labute approximate surface area is 133 Å². The van der Waals surface area contributed by atoms with E-state index in [2.05, 4.69) is 25.6 Å². The van der Waals surface area contributed by atoms with Crippen LogP contribution in [0.25, 0.3) is 0 Å². The monoisotopic (exact) mass is 306 g/mol. The summed E-state index contributed by atoms with van der Waals surface area (Å²) in [5.41, 5.74) is 1.02. The van der Waals surface area contributed by atoms with E-state index in [-0.39, 0.29) is 11.0 Å². The molecule has 2 aliphatic heterocycles. The van der Waals surface area contributed by atoms with Crippen molar-refractivity contribution in [3.8, 4) is 0 Å². The van der Waals surface area contributed by atoms with Crippen LogP contribution in [0.15, 0.2) is 0 Å². The van der Waals surface area contributed by atoms with Gasteiger partial charge in [-0.05, 0) is 81.0 Å². The second kappa shape index (κ2) is 3.86. The molecule has 2 heterocycles. The lowest BCUT2D eigenvalue weighted by molar-refractivity contribution is -0.229.